The van der Waals surface area contributed by atoms with Crippen LogP contribution in [-0.4, -0.2) is 29.7 Å². The lowest BCUT2D eigenvalue weighted by Gasteiger charge is -2.20. The molecule has 1 unspecified atom stereocenters. The lowest BCUT2D eigenvalue weighted by Crippen LogP contribution is -2.19. The first kappa shape index (κ1) is 13.0. The number of nitrogens with zero attached hydrogens (tertiary/aromatic N) is 2. The van der Waals surface area contributed by atoms with E-state index < -0.39 is 9.84 Å². The number of sulfone groups is 1. The Hall–Kier alpha value is -1.04. The Morgan fingerprint density at radius 1 is 1.42 bits per heavy atom. The van der Waals surface area contributed by atoms with Gasteiger partial charge in [0.05, 0.1) is 23.2 Å². The molecule has 0 amide bonds. The van der Waals surface area contributed by atoms with Gasteiger partial charge in [-0.05, 0) is 19.3 Å². The molecule has 1 aliphatic carbocycles. The Morgan fingerprint density at radius 2 is 2.11 bits per heavy atom. The van der Waals surface area contributed by atoms with E-state index in [2.05, 4.69) is 12.0 Å². The van der Waals surface area contributed by atoms with Crippen LogP contribution in [-0.2, 0) is 15.3 Å². The van der Waals surface area contributed by atoms with E-state index in [-0.39, 0.29) is 23.0 Å². The zero-order valence-corrected chi connectivity index (χ0v) is 12.1. The van der Waals surface area contributed by atoms with Crippen LogP contribution in [0, 0.1) is 0 Å². The van der Waals surface area contributed by atoms with Crippen LogP contribution in [0.1, 0.15) is 50.8 Å². The molecule has 6 heteroatoms. The van der Waals surface area contributed by atoms with Gasteiger partial charge in [0.25, 0.3) is 0 Å². The summed E-state index contributed by atoms with van der Waals surface area (Å²) in [6.45, 7) is 2.23. The Kier molecular flexibility index (Phi) is 2.89. The molecule has 19 heavy (non-hydrogen) atoms. The molecule has 2 N–H and O–H groups in total. The summed E-state index contributed by atoms with van der Waals surface area (Å²) in [7, 11) is -2.90. The molecule has 1 saturated carbocycles. The van der Waals surface area contributed by atoms with Gasteiger partial charge < -0.3 is 5.73 Å². The van der Waals surface area contributed by atoms with Gasteiger partial charge in [-0.1, -0.05) is 19.8 Å². The van der Waals surface area contributed by atoms with Crippen molar-refractivity contribution in [2.75, 3.05) is 17.2 Å². The third kappa shape index (κ3) is 2.26. The van der Waals surface area contributed by atoms with Crippen molar-refractivity contribution in [3.05, 3.63) is 11.8 Å². The number of rotatable bonds is 2. The molecule has 0 radical (unpaired) electrons. The summed E-state index contributed by atoms with van der Waals surface area (Å²) in [5.74, 6) is 1.03. The summed E-state index contributed by atoms with van der Waals surface area (Å²) in [4.78, 5) is 0. The van der Waals surface area contributed by atoms with E-state index in [1.54, 1.807) is 4.68 Å². The Labute approximate surface area is 114 Å². The van der Waals surface area contributed by atoms with Gasteiger partial charge in [-0.3, -0.25) is 0 Å². The second kappa shape index (κ2) is 4.23. The highest BCUT2D eigenvalue weighted by atomic mass is 32.2. The van der Waals surface area contributed by atoms with Crippen molar-refractivity contribution in [1.82, 2.24) is 9.78 Å². The molecule has 0 aromatic carbocycles. The molecule has 2 heterocycles. The topological polar surface area (TPSA) is 78.0 Å². The van der Waals surface area contributed by atoms with Crippen molar-refractivity contribution in [1.29, 1.82) is 0 Å². The molecule has 0 spiro atoms. The van der Waals surface area contributed by atoms with Crippen LogP contribution in [0.15, 0.2) is 6.07 Å². The molecule has 2 fully saturated rings. The number of aromatic nitrogens is 2. The van der Waals surface area contributed by atoms with E-state index >= 15 is 0 Å². The van der Waals surface area contributed by atoms with Gasteiger partial charge in [-0.25, -0.2) is 13.1 Å². The van der Waals surface area contributed by atoms with E-state index in [1.165, 1.54) is 12.8 Å². The summed E-state index contributed by atoms with van der Waals surface area (Å²) in [6.07, 6.45) is 5.39. The Bertz CT molecular complexity index is 585. The lowest BCUT2D eigenvalue weighted by atomic mass is 9.85. The van der Waals surface area contributed by atoms with E-state index in [4.69, 9.17) is 5.73 Å². The summed E-state index contributed by atoms with van der Waals surface area (Å²) >= 11 is 0. The predicted molar refractivity (Wildman–Crippen MR) is 74.8 cm³/mol. The number of nitrogen functional groups attached to an aromatic ring is 1. The molecule has 1 aliphatic heterocycles. The maximum Gasteiger partial charge on any atom is 0.152 e. The van der Waals surface area contributed by atoms with Gasteiger partial charge in [0.1, 0.15) is 5.82 Å². The fourth-order valence-corrected chi connectivity index (χ4v) is 5.07. The molecule has 1 aromatic rings. The first-order chi connectivity index (χ1) is 8.90. The molecule has 2 aliphatic rings. The predicted octanol–water partition coefficient (Wildman–Crippen LogP) is 1.66. The minimum absolute atomic E-state index is 0.0799. The first-order valence-corrected chi connectivity index (χ1v) is 8.78. The van der Waals surface area contributed by atoms with Crippen molar-refractivity contribution in [2.24, 2.45) is 0 Å². The summed E-state index contributed by atoms with van der Waals surface area (Å²) in [5.41, 5.74) is 7.20. The molecule has 3 rings (SSSR count). The quantitative estimate of drug-likeness (QED) is 0.895. The fourth-order valence-electron chi connectivity index (χ4n) is 3.38. The zero-order valence-electron chi connectivity index (χ0n) is 11.3. The Balaban J connectivity index is 1.90. The third-order valence-electron chi connectivity index (χ3n) is 4.64. The van der Waals surface area contributed by atoms with Crippen molar-refractivity contribution in [3.63, 3.8) is 0 Å². The van der Waals surface area contributed by atoms with Gasteiger partial charge in [0, 0.05) is 11.5 Å². The maximum absolute atomic E-state index is 11.6. The Morgan fingerprint density at radius 3 is 2.68 bits per heavy atom. The summed E-state index contributed by atoms with van der Waals surface area (Å²) in [5, 5.41) is 4.64. The van der Waals surface area contributed by atoms with Crippen LogP contribution >= 0.6 is 0 Å². The van der Waals surface area contributed by atoms with Gasteiger partial charge >= 0.3 is 0 Å². The fraction of sp³-hybridized carbons (Fsp3) is 0.769. The zero-order chi connectivity index (χ0) is 13.7. The SMILES string of the molecule is CC1(c2cc(N)n(C3CCS(=O)(=O)C3)n2)CCCC1. The van der Waals surface area contributed by atoms with Crippen LogP contribution in [0.2, 0.25) is 0 Å². The van der Waals surface area contributed by atoms with Gasteiger partial charge in [0.2, 0.25) is 0 Å². The highest BCUT2D eigenvalue weighted by Crippen LogP contribution is 2.41. The van der Waals surface area contributed by atoms with Crippen LogP contribution in [0.25, 0.3) is 0 Å². The van der Waals surface area contributed by atoms with Crippen molar-refractivity contribution < 1.29 is 8.42 Å². The van der Waals surface area contributed by atoms with E-state index in [9.17, 15) is 8.42 Å². The average molecular weight is 283 g/mol. The molecular formula is C13H21N3O2S. The second-order valence-electron chi connectivity index (χ2n) is 6.22. The summed E-state index contributed by atoms with van der Waals surface area (Å²) in [6, 6.07) is 1.86. The van der Waals surface area contributed by atoms with Crippen LogP contribution < -0.4 is 5.73 Å². The molecule has 106 valence electrons. The highest BCUT2D eigenvalue weighted by Gasteiger charge is 2.36. The largest absolute Gasteiger partial charge is 0.384 e. The number of anilines is 1. The molecular weight excluding hydrogens is 262 g/mol. The number of hydrogen-bond donors (Lipinski definition) is 1. The first-order valence-electron chi connectivity index (χ1n) is 6.96. The average Bonchev–Trinajstić information content (AvgIpc) is 2.99. The normalized spacial score (nSPS) is 28.8. The standard InChI is InChI=1S/C13H21N3O2S/c1-13(5-2-3-6-13)11-8-12(14)16(15-11)10-4-7-19(17,18)9-10/h8,10H,2-7,9,14H2,1H3. The number of nitrogens with two attached hydrogens (primary N) is 1. The van der Waals surface area contributed by atoms with Crippen molar-refractivity contribution in [2.45, 2.75) is 50.5 Å². The lowest BCUT2D eigenvalue weighted by molar-refractivity contribution is 0.443. The second-order valence-corrected chi connectivity index (χ2v) is 8.45. The summed E-state index contributed by atoms with van der Waals surface area (Å²) < 4.78 is 24.9. The van der Waals surface area contributed by atoms with Gasteiger partial charge in [-0.2, -0.15) is 5.10 Å². The molecule has 1 aromatic heterocycles. The van der Waals surface area contributed by atoms with Crippen molar-refractivity contribution in [3.8, 4) is 0 Å². The molecule has 1 atom stereocenters. The smallest absolute Gasteiger partial charge is 0.152 e. The van der Waals surface area contributed by atoms with Gasteiger partial charge in [-0.15, -0.1) is 0 Å². The molecule has 5 nitrogen and oxygen atoms in total. The monoisotopic (exact) mass is 283 g/mol. The third-order valence-corrected chi connectivity index (χ3v) is 6.39. The highest BCUT2D eigenvalue weighted by molar-refractivity contribution is 7.91. The van der Waals surface area contributed by atoms with Crippen LogP contribution in [0.3, 0.4) is 0 Å². The number of hydrogen-bond acceptors (Lipinski definition) is 4. The maximum atomic E-state index is 11.6. The van der Waals surface area contributed by atoms with E-state index in [0.29, 0.717) is 12.2 Å². The van der Waals surface area contributed by atoms with Crippen molar-refractivity contribution >= 4 is 15.7 Å². The minimum Gasteiger partial charge on any atom is -0.384 e. The van der Waals surface area contributed by atoms with E-state index in [0.717, 1.165) is 18.5 Å². The molecule has 0 bridgehead atoms. The van der Waals surface area contributed by atoms with Gasteiger partial charge in [0.15, 0.2) is 9.84 Å². The van der Waals surface area contributed by atoms with Crippen LogP contribution in [0.4, 0.5) is 5.82 Å². The van der Waals surface area contributed by atoms with E-state index in [1.807, 2.05) is 6.07 Å². The van der Waals surface area contributed by atoms with Crippen LogP contribution in [0.5, 0.6) is 0 Å². The minimum atomic E-state index is -2.90. The molecule has 1 saturated heterocycles.